The second kappa shape index (κ2) is 9.00. The number of hydrogen-bond acceptors (Lipinski definition) is 6. The second-order valence-corrected chi connectivity index (χ2v) is 12.0. The number of piperidine rings is 1. The first-order valence-corrected chi connectivity index (χ1v) is 13.9. The van der Waals surface area contributed by atoms with Gasteiger partial charge in [0.25, 0.3) is 0 Å². The van der Waals surface area contributed by atoms with Crippen LogP contribution in [0, 0.1) is 22.9 Å². The Bertz CT molecular complexity index is 1700. The van der Waals surface area contributed by atoms with Crippen molar-refractivity contribution < 1.29 is 26.4 Å². The minimum absolute atomic E-state index is 0.0417. The average Bonchev–Trinajstić information content (AvgIpc) is 3.59. The topological polar surface area (TPSA) is 85.2 Å². The van der Waals surface area contributed by atoms with Gasteiger partial charge < -0.3 is 0 Å². The molecular formula is C26H19F3N4O3S2. The highest BCUT2D eigenvalue weighted by molar-refractivity contribution is 7.89. The molecule has 0 unspecified atom stereocenters. The summed E-state index contributed by atoms with van der Waals surface area (Å²) in [7, 11) is -4.24. The average molecular weight is 557 g/mol. The molecule has 2 aromatic carbocycles. The van der Waals surface area contributed by atoms with Crippen molar-refractivity contribution in [3.05, 3.63) is 99.5 Å². The molecule has 0 bridgehead atoms. The summed E-state index contributed by atoms with van der Waals surface area (Å²) >= 11 is 1.17. The van der Waals surface area contributed by atoms with Crippen molar-refractivity contribution >= 4 is 33.2 Å². The Morgan fingerprint density at radius 1 is 1.05 bits per heavy atom. The van der Waals surface area contributed by atoms with Crippen molar-refractivity contribution in [1.82, 2.24) is 19.1 Å². The Balaban J connectivity index is 1.44. The standard InChI is InChI=1S/C26H19F3N4O3S2/c27-18-1-3-19(4-2-18)33-23-11-17-7-9-32(38(35,36)20-5-6-21(28)22(29)12-20)15-26(17,13-16(23)14-31-33)24(34)25-30-8-10-37-25/h1-6,8,10-12,14H,7,9,13,15H2/t26-/m0/s1. The van der Waals surface area contributed by atoms with E-state index in [-0.39, 0.29) is 47.4 Å². The summed E-state index contributed by atoms with van der Waals surface area (Å²) in [6, 6.07) is 8.29. The number of sulfonamides is 1. The number of ketones is 1. The third-order valence-corrected chi connectivity index (χ3v) is 9.66. The van der Waals surface area contributed by atoms with Gasteiger partial charge in [-0.05, 0) is 66.9 Å². The number of benzene rings is 2. The van der Waals surface area contributed by atoms with Gasteiger partial charge in [0.1, 0.15) is 5.82 Å². The van der Waals surface area contributed by atoms with Crippen molar-refractivity contribution in [2.24, 2.45) is 5.41 Å². The van der Waals surface area contributed by atoms with E-state index in [0.29, 0.717) is 11.8 Å². The molecule has 6 rings (SSSR count). The van der Waals surface area contributed by atoms with Crippen molar-refractivity contribution in [3.8, 4) is 5.69 Å². The van der Waals surface area contributed by atoms with Gasteiger partial charge >= 0.3 is 0 Å². The molecule has 3 heterocycles. The normalized spacial score (nSPS) is 19.5. The fraction of sp³-hybridized carbons (Fsp3) is 0.192. The van der Waals surface area contributed by atoms with E-state index in [1.165, 1.54) is 29.7 Å². The van der Waals surface area contributed by atoms with E-state index in [1.807, 2.05) is 6.08 Å². The fourth-order valence-corrected chi connectivity index (χ4v) is 7.32. The number of nitrogens with zero attached hydrogens (tertiary/aromatic N) is 4. The Morgan fingerprint density at radius 2 is 1.84 bits per heavy atom. The molecule has 194 valence electrons. The zero-order chi connectivity index (χ0) is 26.7. The minimum Gasteiger partial charge on any atom is -0.290 e. The molecule has 1 saturated heterocycles. The molecule has 1 atom stereocenters. The van der Waals surface area contributed by atoms with Gasteiger partial charge in [-0.3, -0.25) is 4.79 Å². The van der Waals surface area contributed by atoms with E-state index in [4.69, 9.17) is 0 Å². The number of aromatic nitrogens is 3. The van der Waals surface area contributed by atoms with Crippen molar-refractivity contribution in [3.63, 3.8) is 0 Å². The highest BCUT2D eigenvalue weighted by Gasteiger charge is 2.51. The smallest absolute Gasteiger partial charge is 0.243 e. The van der Waals surface area contributed by atoms with Crippen LogP contribution >= 0.6 is 11.3 Å². The predicted molar refractivity (Wildman–Crippen MR) is 134 cm³/mol. The summed E-state index contributed by atoms with van der Waals surface area (Å²) in [5, 5.41) is 6.38. The van der Waals surface area contributed by atoms with Crippen LogP contribution in [0.1, 0.15) is 27.5 Å². The maximum Gasteiger partial charge on any atom is 0.243 e. The first-order chi connectivity index (χ1) is 18.2. The summed E-state index contributed by atoms with van der Waals surface area (Å²) in [5.74, 6) is -3.12. The van der Waals surface area contributed by atoms with Gasteiger partial charge in [0.05, 0.1) is 27.9 Å². The second-order valence-electron chi connectivity index (χ2n) is 9.20. The third kappa shape index (κ3) is 3.91. The van der Waals surface area contributed by atoms with Gasteiger partial charge in [-0.2, -0.15) is 9.40 Å². The Labute approximate surface area is 219 Å². The van der Waals surface area contributed by atoms with Crippen molar-refractivity contribution in [2.45, 2.75) is 17.7 Å². The first-order valence-electron chi connectivity index (χ1n) is 11.6. The fourth-order valence-electron chi connectivity index (χ4n) is 5.14. The van der Waals surface area contributed by atoms with E-state index < -0.39 is 27.1 Å². The summed E-state index contributed by atoms with van der Waals surface area (Å²) < 4.78 is 70.7. The van der Waals surface area contributed by atoms with Gasteiger partial charge in [0.15, 0.2) is 16.6 Å². The molecule has 38 heavy (non-hydrogen) atoms. The monoisotopic (exact) mass is 556 g/mol. The first kappa shape index (κ1) is 24.7. The molecular weight excluding hydrogens is 537 g/mol. The van der Waals surface area contributed by atoms with Crippen LogP contribution in [-0.2, 0) is 16.4 Å². The lowest BCUT2D eigenvalue weighted by atomic mass is 9.66. The number of carbonyl (C=O) groups excluding carboxylic acids is 1. The van der Waals surface area contributed by atoms with E-state index in [0.717, 1.165) is 33.3 Å². The van der Waals surface area contributed by atoms with Gasteiger partial charge in [-0.25, -0.2) is 31.3 Å². The lowest BCUT2D eigenvalue weighted by Gasteiger charge is -2.44. The Hall–Kier alpha value is -3.61. The van der Waals surface area contributed by atoms with Crippen molar-refractivity contribution in [1.29, 1.82) is 0 Å². The molecule has 2 aliphatic rings. The number of rotatable bonds is 5. The lowest BCUT2D eigenvalue weighted by Crippen LogP contribution is -2.53. The molecule has 0 spiro atoms. The quantitative estimate of drug-likeness (QED) is 0.334. The summed E-state index contributed by atoms with van der Waals surface area (Å²) in [4.78, 5) is 17.8. The SMILES string of the molecule is O=C(c1nccs1)[C@]12Cc3cnn(-c4ccc(F)cc4)c3C=C1CCN(S(=O)(=O)c1ccc(F)c(F)c1)C2. The van der Waals surface area contributed by atoms with Crippen LogP contribution in [0.5, 0.6) is 0 Å². The van der Waals surface area contributed by atoms with Crippen LogP contribution in [0.2, 0.25) is 0 Å². The summed E-state index contributed by atoms with van der Waals surface area (Å²) in [6.07, 6.45) is 5.37. The third-order valence-electron chi connectivity index (χ3n) is 7.04. The van der Waals surface area contributed by atoms with Crippen LogP contribution in [0.15, 0.2) is 70.7 Å². The highest BCUT2D eigenvalue weighted by Crippen LogP contribution is 2.47. The van der Waals surface area contributed by atoms with Crippen LogP contribution in [0.4, 0.5) is 13.2 Å². The molecule has 12 heteroatoms. The maximum atomic E-state index is 14.0. The number of thiazole rings is 1. The number of fused-ring (bicyclic) bond motifs is 2. The van der Waals surface area contributed by atoms with E-state index in [2.05, 4.69) is 10.1 Å². The maximum absolute atomic E-state index is 14.0. The van der Waals surface area contributed by atoms with Crippen LogP contribution in [0.3, 0.4) is 0 Å². The number of halogens is 3. The Morgan fingerprint density at radius 3 is 2.55 bits per heavy atom. The lowest BCUT2D eigenvalue weighted by molar-refractivity contribution is 0.0775. The van der Waals surface area contributed by atoms with Crippen molar-refractivity contribution in [2.75, 3.05) is 13.1 Å². The van der Waals surface area contributed by atoms with E-state index >= 15 is 0 Å². The molecule has 0 N–H and O–H groups in total. The predicted octanol–water partition coefficient (Wildman–Crippen LogP) is 4.65. The zero-order valence-corrected chi connectivity index (χ0v) is 21.3. The molecule has 0 radical (unpaired) electrons. The Kier molecular flexibility index (Phi) is 5.85. The van der Waals surface area contributed by atoms with E-state index in [1.54, 1.807) is 28.4 Å². The minimum atomic E-state index is -4.24. The summed E-state index contributed by atoms with van der Waals surface area (Å²) in [5.41, 5.74) is 1.55. The molecule has 0 saturated carbocycles. The zero-order valence-electron chi connectivity index (χ0n) is 19.6. The molecule has 2 aromatic heterocycles. The van der Waals surface area contributed by atoms with Crippen LogP contribution < -0.4 is 0 Å². The van der Waals surface area contributed by atoms with Gasteiger partial charge in [0.2, 0.25) is 15.8 Å². The number of carbonyl (C=O) groups is 1. The molecule has 7 nitrogen and oxygen atoms in total. The van der Waals surface area contributed by atoms with Gasteiger partial charge in [-0.1, -0.05) is 5.57 Å². The van der Waals surface area contributed by atoms with Gasteiger partial charge in [-0.15, -0.1) is 11.3 Å². The molecule has 1 aliphatic carbocycles. The molecule has 1 aliphatic heterocycles. The number of Topliss-reactive ketones (excluding diaryl/α,β-unsaturated/α-hetero) is 1. The van der Waals surface area contributed by atoms with E-state index in [9.17, 15) is 26.4 Å². The highest BCUT2D eigenvalue weighted by atomic mass is 32.2. The number of hydrogen-bond donors (Lipinski definition) is 0. The molecule has 0 amide bonds. The molecule has 1 fully saturated rings. The molecule has 4 aromatic rings. The van der Waals surface area contributed by atoms with Crippen LogP contribution in [-0.4, -0.2) is 46.4 Å². The largest absolute Gasteiger partial charge is 0.290 e. The summed E-state index contributed by atoms with van der Waals surface area (Å²) in [6.45, 7) is -0.153. The van der Waals surface area contributed by atoms with Gasteiger partial charge in [0, 0.05) is 24.7 Å². The van der Waals surface area contributed by atoms with Crippen LogP contribution in [0.25, 0.3) is 11.8 Å².